The number of hydrogen-bond acceptors (Lipinski definition) is 5. The van der Waals surface area contributed by atoms with Crippen LogP contribution in [0.2, 0.25) is 0 Å². The SMILES string of the molecule is O=NOS(=O)(=O)O.[Pd]. The van der Waals surface area contributed by atoms with Crippen LogP contribution in [-0.4, -0.2) is 13.0 Å². The average Bonchev–Trinajstić information content (AvgIpc) is 1.30. The zero-order chi connectivity index (χ0) is 5.91. The molecule has 0 spiro atoms. The van der Waals surface area contributed by atoms with Crippen molar-refractivity contribution in [2.75, 3.05) is 0 Å². The maximum atomic E-state index is 9.27. The molecule has 0 aromatic rings. The molecule has 6 nitrogen and oxygen atoms in total. The van der Waals surface area contributed by atoms with E-state index in [0.29, 0.717) is 0 Å². The van der Waals surface area contributed by atoms with Crippen LogP contribution in [0.3, 0.4) is 0 Å². The van der Waals surface area contributed by atoms with Gasteiger partial charge in [-0.25, -0.2) is 4.28 Å². The summed E-state index contributed by atoms with van der Waals surface area (Å²) < 4.78 is 28.8. The van der Waals surface area contributed by atoms with Crippen molar-refractivity contribution in [1.82, 2.24) is 0 Å². The first-order valence-electron chi connectivity index (χ1n) is 1.05. The van der Waals surface area contributed by atoms with Gasteiger partial charge in [-0.15, -0.1) is 4.91 Å². The zero-order valence-corrected chi connectivity index (χ0v) is 5.62. The molecule has 8 heteroatoms. The van der Waals surface area contributed by atoms with Gasteiger partial charge in [0, 0.05) is 20.4 Å². The van der Waals surface area contributed by atoms with Crippen LogP contribution in [0.1, 0.15) is 0 Å². The monoisotopic (exact) mass is 233 g/mol. The molecule has 0 saturated carbocycles. The number of rotatable bonds is 2. The topological polar surface area (TPSA) is 93.0 Å². The summed E-state index contributed by atoms with van der Waals surface area (Å²) in [5.41, 5.74) is 0. The minimum Gasteiger partial charge on any atom is -0.253 e. The second-order valence-electron chi connectivity index (χ2n) is 0.577. The molecule has 0 aliphatic rings. The van der Waals surface area contributed by atoms with Crippen molar-refractivity contribution < 1.29 is 37.7 Å². The number of hydrogen-bond donors (Lipinski definition) is 1. The minimum absolute atomic E-state index is 0. The molecule has 0 amide bonds. The predicted molar refractivity (Wildman–Crippen MR) is 18.4 cm³/mol. The van der Waals surface area contributed by atoms with Gasteiger partial charge in [0.25, 0.3) is 0 Å². The quantitative estimate of drug-likeness (QED) is 0.300. The Balaban J connectivity index is 0. The molecule has 1 N–H and O–H groups in total. The second-order valence-corrected chi connectivity index (χ2v) is 1.58. The van der Waals surface area contributed by atoms with Gasteiger partial charge in [0.05, 0.1) is 0 Å². The summed E-state index contributed by atoms with van der Waals surface area (Å²) in [5, 5.41) is 1.42. The summed E-state index contributed by atoms with van der Waals surface area (Å²) in [5.74, 6) is 0. The van der Waals surface area contributed by atoms with Crippen LogP contribution in [0.25, 0.3) is 0 Å². The van der Waals surface area contributed by atoms with E-state index >= 15 is 0 Å². The number of nitrogens with zero attached hydrogens (tertiary/aromatic N) is 1. The third-order valence-electron chi connectivity index (χ3n) is 0.125. The standard InChI is InChI=1S/HNO5S.Pd/c2-1-6-7(3,4)5;/h(H,3,4,5);. The van der Waals surface area contributed by atoms with Gasteiger partial charge in [-0.05, 0) is 0 Å². The Morgan fingerprint density at radius 3 is 1.88 bits per heavy atom. The molecular formula is HNO5PdS. The average molecular weight is 233 g/mol. The molecule has 0 saturated heterocycles. The molecule has 0 atom stereocenters. The van der Waals surface area contributed by atoms with E-state index in [1.54, 1.807) is 0 Å². The summed E-state index contributed by atoms with van der Waals surface area (Å²) >= 11 is 0. The maximum absolute atomic E-state index is 9.27. The van der Waals surface area contributed by atoms with Crippen LogP contribution < -0.4 is 0 Å². The van der Waals surface area contributed by atoms with E-state index in [9.17, 15) is 8.42 Å². The Labute approximate surface area is 58.8 Å². The van der Waals surface area contributed by atoms with Crippen LogP contribution in [0.4, 0.5) is 0 Å². The summed E-state index contributed by atoms with van der Waals surface area (Å²) in [6.45, 7) is 0. The molecule has 0 aromatic heterocycles. The smallest absolute Gasteiger partial charge is 0.253 e. The Hall–Kier alpha value is -0.0277. The Kier molecular flexibility index (Phi) is 5.31. The van der Waals surface area contributed by atoms with Crippen molar-refractivity contribution >= 4 is 10.4 Å². The van der Waals surface area contributed by atoms with E-state index in [2.05, 4.69) is 4.28 Å². The van der Waals surface area contributed by atoms with Gasteiger partial charge in [-0.1, -0.05) is 0 Å². The zero-order valence-electron chi connectivity index (χ0n) is 3.25. The molecule has 0 fully saturated rings. The van der Waals surface area contributed by atoms with E-state index < -0.39 is 10.4 Å². The fourth-order valence-electron chi connectivity index (χ4n) is 0.0385. The fourth-order valence-corrected chi connectivity index (χ4v) is 0.115. The van der Waals surface area contributed by atoms with E-state index in [1.165, 1.54) is 5.34 Å². The van der Waals surface area contributed by atoms with Crippen LogP contribution in [0.5, 0.6) is 0 Å². The molecule has 0 aliphatic heterocycles. The first-order chi connectivity index (χ1) is 3.06. The van der Waals surface area contributed by atoms with Gasteiger partial charge in [0.1, 0.15) is 0 Å². The van der Waals surface area contributed by atoms with E-state index in [1.807, 2.05) is 0 Å². The molecule has 0 bridgehead atoms. The second kappa shape index (κ2) is 3.91. The van der Waals surface area contributed by atoms with Crippen molar-refractivity contribution in [3.63, 3.8) is 0 Å². The molecule has 52 valence electrons. The van der Waals surface area contributed by atoms with Crippen LogP contribution in [-0.2, 0) is 35.1 Å². The largest absolute Gasteiger partial charge is 0.468 e. The van der Waals surface area contributed by atoms with Gasteiger partial charge in [0.2, 0.25) is 0 Å². The Bertz CT molecular complexity index is 146. The van der Waals surface area contributed by atoms with E-state index in [-0.39, 0.29) is 20.4 Å². The Morgan fingerprint density at radius 1 is 1.50 bits per heavy atom. The van der Waals surface area contributed by atoms with Crippen LogP contribution >= 0.6 is 0 Å². The van der Waals surface area contributed by atoms with Crippen molar-refractivity contribution in [2.24, 2.45) is 5.34 Å². The van der Waals surface area contributed by atoms with Gasteiger partial charge in [0.15, 0.2) is 5.34 Å². The minimum atomic E-state index is -4.65. The van der Waals surface area contributed by atoms with Crippen molar-refractivity contribution in [2.45, 2.75) is 0 Å². The van der Waals surface area contributed by atoms with Crippen molar-refractivity contribution in [1.29, 1.82) is 0 Å². The van der Waals surface area contributed by atoms with E-state index in [4.69, 9.17) is 9.46 Å². The first kappa shape index (κ1) is 10.9. The summed E-state index contributed by atoms with van der Waals surface area (Å²) in [6.07, 6.45) is 0. The molecule has 0 radical (unpaired) electrons. The van der Waals surface area contributed by atoms with Crippen molar-refractivity contribution in [3.05, 3.63) is 4.91 Å². The Morgan fingerprint density at radius 2 is 1.88 bits per heavy atom. The molecule has 0 aliphatic carbocycles. The fraction of sp³-hybridized carbons (Fsp3) is 0. The summed E-state index contributed by atoms with van der Waals surface area (Å²) in [6, 6.07) is 0. The summed E-state index contributed by atoms with van der Waals surface area (Å²) in [4.78, 5) is 8.81. The third kappa shape index (κ3) is 9.36. The third-order valence-corrected chi connectivity index (χ3v) is 0.374. The van der Waals surface area contributed by atoms with Crippen LogP contribution in [0, 0.1) is 4.91 Å². The molecule has 8 heavy (non-hydrogen) atoms. The maximum Gasteiger partial charge on any atom is 0.468 e. The molecule has 0 aromatic carbocycles. The van der Waals surface area contributed by atoms with E-state index in [0.717, 1.165) is 0 Å². The molecule has 0 rings (SSSR count). The normalized spacial score (nSPS) is 9.12. The molecular weight excluding hydrogens is 232 g/mol. The van der Waals surface area contributed by atoms with Crippen molar-refractivity contribution in [3.8, 4) is 0 Å². The van der Waals surface area contributed by atoms with Gasteiger partial charge in [-0.3, -0.25) is 4.55 Å². The summed E-state index contributed by atoms with van der Waals surface area (Å²) in [7, 11) is -4.65. The first-order valence-corrected chi connectivity index (χ1v) is 2.41. The predicted octanol–water partition coefficient (Wildman–Crippen LogP) is -0.515. The van der Waals surface area contributed by atoms with Gasteiger partial charge >= 0.3 is 10.4 Å². The van der Waals surface area contributed by atoms with Gasteiger partial charge < -0.3 is 0 Å². The van der Waals surface area contributed by atoms with Crippen LogP contribution in [0.15, 0.2) is 5.34 Å². The molecule has 0 unspecified atom stereocenters. The van der Waals surface area contributed by atoms with Gasteiger partial charge in [-0.2, -0.15) is 8.42 Å². The molecule has 0 heterocycles.